The van der Waals surface area contributed by atoms with E-state index in [1.165, 1.54) is 7.11 Å². The SMILES string of the molecule is CCCNc1nc(Nc2cc(C)ccc2Br)nc(OC)n1. The highest BCUT2D eigenvalue weighted by atomic mass is 79.9. The number of methoxy groups -OCH3 is 1. The predicted molar refractivity (Wildman–Crippen MR) is 87.3 cm³/mol. The highest BCUT2D eigenvalue weighted by Gasteiger charge is 2.08. The van der Waals surface area contributed by atoms with Gasteiger partial charge in [-0.25, -0.2) is 0 Å². The molecule has 0 bridgehead atoms. The van der Waals surface area contributed by atoms with Gasteiger partial charge in [0.05, 0.1) is 12.8 Å². The van der Waals surface area contributed by atoms with Gasteiger partial charge in [0.2, 0.25) is 11.9 Å². The first-order chi connectivity index (χ1) is 10.1. The van der Waals surface area contributed by atoms with Crippen LogP contribution >= 0.6 is 15.9 Å². The lowest BCUT2D eigenvalue weighted by atomic mass is 10.2. The summed E-state index contributed by atoms with van der Waals surface area (Å²) in [5.74, 6) is 0.932. The molecular weight excluding hydrogens is 334 g/mol. The highest BCUT2D eigenvalue weighted by molar-refractivity contribution is 9.10. The number of anilines is 3. The van der Waals surface area contributed by atoms with Crippen LogP contribution in [0, 0.1) is 6.92 Å². The second-order valence-electron chi connectivity index (χ2n) is 4.50. The van der Waals surface area contributed by atoms with Gasteiger partial charge in [0, 0.05) is 11.0 Å². The van der Waals surface area contributed by atoms with E-state index in [0.29, 0.717) is 11.9 Å². The van der Waals surface area contributed by atoms with Crippen LogP contribution in [0.25, 0.3) is 0 Å². The first kappa shape index (κ1) is 15.5. The Balaban J connectivity index is 2.27. The summed E-state index contributed by atoms with van der Waals surface area (Å²) in [6.07, 6.45) is 0.986. The number of halogens is 1. The van der Waals surface area contributed by atoms with Crippen LogP contribution in [0.1, 0.15) is 18.9 Å². The van der Waals surface area contributed by atoms with Crippen molar-refractivity contribution in [1.29, 1.82) is 0 Å². The Hall–Kier alpha value is -1.89. The van der Waals surface area contributed by atoms with E-state index < -0.39 is 0 Å². The molecule has 21 heavy (non-hydrogen) atoms. The van der Waals surface area contributed by atoms with Gasteiger partial charge in [0.1, 0.15) is 0 Å². The zero-order valence-electron chi connectivity index (χ0n) is 12.3. The van der Waals surface area contributed by atoms with Crippen LogP contribution in [-0.4, -0.2) is 28.6 Å². The quantitative estimate of drug-likeness (QED) is 0.829. The number of nitrogens with zero attached hydrogens (tertiary/aromatic N) is 3. The van der Waals surface area contributed by atoms with Crippen LogP contribution in [0.2, 0.25) is 0 Å². The minimum absolute atomic E-state index is 0.273. The van der Waals surface area contributed by atoms with Crippen molar-refractivity contribution in [2.45, 2.75) is 20.3 Å². The predicted octanol–water partition coefficient (Wildman–Crippen LogP) is 3.52. The lowest BCUT2D eigenvalue weighted by molar-refractivity contribution is 0.379. The number of hydrogen-bond donors (Lipinski definition) is 2. The van der Waals surface area contributed by atoms with E-state index in [1.807, 2.05) is 25.1 Å². The first-order valence-electron chi connectivity index (χ1n) is 6.69. The molecule has 6 nitrogen and oxygen atoms in total. The van der Waals surface area contributed by atoms with Gasteiger partial charge in [-0.05, 0) is 47.0 Å². The van der Waals surface area contributed by atoms with E-state index in [9.17, 15) is 0 Å². The average Bonchev–Trinajstić information content (AvgIpc) is 2.48. The van der Waals surface area contributed by atoms with Crippen molar-refractivity contribution >= 4 is 33.5 Å². The number of rotatable bonds is 6. The Morgan fingerprint density at radius 1 is 1.19 bits per heavy atom. The fourth-order valence-electron chi connectivity index (χ4n) is 1.67. The van der Waals surface area contributed by atoms with Crippen molar-refractivity contribution < 1.29 is 4.74 Å². The summed E-state index contributed by atoms with van der Waals surface area (Å²) >= 11 is 3.50. The van der Waals surface area contributed by atoms with Gasteiger partial charge >= 0.3 is 6.01 Å². The van der Waals surface area contributed by atoms with Crippen LogP contribution in [0.15, 0.2) is 22.7 Å². The van der Waals surface area contributed by atoms with E-state index in [1.54, 1.807) is 0 Å². The molecule has 2 N–H and O–H groups in total. The first-order valence-corrected chi connectivity index (χ1v) is 7.48. The standard InChI is InChI=1S/C14H18BrN5O/c1-4-7-16-12-18-13(20-14(19-12)21-3)17-11-8-9(2)5-6-10(11)15/h5-6,8H,4,7H2,1-3H3,(H2,16,17,18,19,20). The normalized spacial score (nSPS) is 10.3. The summed E-state index contributed by atoms with van der Waals surface area (Å²) in [6.45, 7) is 4.90. The Kier molecular flexibility index (Phi) is 5.32. The van der Waals surface area contributed by atoms with Gasteiger partial charge < -0.3 is 15.4 Å². The molecular formula is C14H18BrN5O. The van der Waals surface area contributed by atoms with Crippen LogP contribution in [0.4, 0.5) is 17.6 Å². The maximum absolute atomic E-state index is 5.11. The zero-order chi connectivity index (χ0) is 15.2. The molecule has 112 valence electrons. The number of benzene rings is 1. The molecule has 1 heterocycles. The largest absolute Gasteiger partial charge is 0.467 e. The molecule has 1 aromatic carbocycles. The molecule has 0 spiro atoms. The smallest absolute Gasteiger partial charge is 0.322 e. The molecule has 0 amide bonds. The molecule has 0 fully saturated rings. The van der Waals surface area contributed by atoms with E-state index in [-0.39, 0.29) is 6.01 Å². The molecule has 1 aromatic heterocycles. The lowest BCUT2D eigenvalue weighted by Crippen LogP contribution is -2.09. The summed E-state index contributed by atoms with van der Waals surface area (Å²) in [5, 5.41) is 6.30. The third-order valence-electron chi connectivity index (χ3n) is 2.70. The van der Waals surface area contributed by atoms with Crippen molar-refractivity contribution in [3.8, 4) is 6.01 Å². The third-order valence-corrected chi connectivity index (χ3v) is 3.39. The van der Waals surface area contributed by atoms with E-state index in [2.05, 4.69) is 48.4 Å². The summed E-state index contributed by atoms with van der Waals surface area (Å²) in [6, 6.07) is 6.29. The molecule has 0 saturated carbocycles. The zero-order valence-corrected chi connectivity index (χ0v) is 13.9. The van der Waals surface area contributed by atoms with Gasteiger partial charge in [-0.3, -0.25) is 0 Å². The minimum Gasteiger partial charge on any atom is -0.467 e. The van der Waals surface area contributed by atoms with Crippen LogP contribution in [0.3, 0.4) is 0 Å². The monoisotopic (exact) mass is 351 g/mol. The van der Waals surface area contributed by atoms with Gasteiger partial charge in [-0.2, -0.15) is 15.0 Å². The summed E-state index contributed by atoms with van der Waals surface area (Å²) in [5.41, 5.74) is 2.04. The van der Waals surface area contributed by atoms with Crippen LogP contribution in [-0.2, 0) is 0 Å². The van der Waals surface area contributed by atoms with Crippen LogP contribution in [0.5, 0.6) is 6.01 Å². The molecule has 0 atom stereocenters. The molecule has 0 radical (unpaired) electrons. The van der Waals surface area contributed by atoms with E-state index in [0.717, 1.165) is 28.7 Å². The van der Waals surface area contributed by atoms with Gasteiger partial charge in [-0.15, -0.1) is 0 Å². The Morgan fingerprint density at radius 2 is 1.95 bits per heavy atom. The Labute approximate surface area is 132 Å². The third kappa shape index (κ3) is 4.29. The maximum Gasteiger partial charge on any atom is 0.322 e. The number of aryl methyl sites for hydroxylation is 1. The number of nitrogens with one attached hydrogen (secondary N) is 2. The number of ether oxygens (including phenoxy) is 1. The van der Waals surface area contributed by atoms with Gasteiger partial charge in [0.25, 0.3) is 0 Å². The van der Waals surface area contributed by atoms with Crippen molar-refractivity contribution in [3.05, 3.63) is 28.2 Å². The van der Waals surface area contributed by atoms with E-state index >= 15 is 0 Å². The van der Waals surface area contributed by atoms with Crippen molar-refractivity contribution in [3.63, 3.8) is 0 Å². The number of aromatic nitrogens is 3. The summed E-state index contributed by atoms with van der Waals surface area (Å²) in [4.78, 5) is 12.7. The molecule has 0 aliphatic heterocycles. The molecule has 0 aliphatic carbocycles. The number of hydrogen-bond acceptors (Lipinski definition) is 6. The molecule has 2 rings (SSSR count). The molecule has 7 heteroatoms. The maximum atomic E-state index is 5.11. The van der Waals surface area contributed by atoms with Crippen molar-refractivity contribution in [1.82, 2.24) is 15.0 Å². The second-order valence-corrected chi connectivity index (χ2v) is 5.36. The van der Waals surface area contributed by atoms with Crippen molar-refractivity contribution in [2.24, 2.45) is 0 Å². The summed E-state index contributed by atoms with van der Waals surface area (Å²) < 4.78 is 6.05. The van der Waals surface area contributed by atoms with Gasteiger partial charge in [0.15, 0.2) is 0 Å². The second kappa shape index (κ2) is 7.21. The van der Waals surface area contributed by atoms with Crippen LogP contribution < -0.4 is 15.4 Å². The van der Waals surface area contributed by atoms with Crippen molar-refractivity contribution in [2.75, 3.05) is 24.3 Å². The fraction of sp³-hybridized carbons (Fsp3) is 0.357. The topological polar surface area (TPSA) is 72.0 Å². The van der Waals surface area contributed by atoms with Gasteiger partial charge in [-0.1, -0.05) is 13.0 Å². The fourth-order valence-corrected chi connectivity index (χ4v) is 2.02. The Morgan fingerprint density at radius 3 is 2.67 bits per heavy atom. The highest BCUT2D eigenvalue weighted by Crippen LogP contribution is 2.26. The molecule has 0 saturated heterocycles. The molecule has 0 unspecified atom stereocenters. The lowest BCUT2D eigenvalue weighted by Gasteiger charge is -2.10. The average molecular weight is 352 g/mol. The molecule has 2 aromatic rings. The minimum atomic E-state index is 0.273. The molecule has 0 aliphatic rings. The van der Waals surface area contributed by atoms with E-state index in [4.69, 9.17) is 4.74 Å². The Bertz CT molecular complexity index is 620. The summed E-state index contributed by atoms with van der Waals surface area (Å²) in [7, 11) is 1.53.